The molecule has 2 aromatic rings. The fourth-order valence-corrected chi connectivity index (χ4v) is 4.58. The van der Waals surface area contributed by atoms with Gasteiger partial charge in [-0.25, -0.2) is 4.39 Å². The monoisotopic (exact) mass is 432 g/mol. The molecule has 5 nitrogen and oxygen atoms in total. The van der Waals surface area contributed by atoms with Gasteiger partial charge in [-0.1, -0.05) is 17.7 Å². The van der Waals surface area contributed by atoms with Crippen LogP contribution in [0.5, 0.6) is 0 Å². The van der Waals surface area contributed by atoms with E-state index in [1.807, 2.05) is 10.7 Å². The second-order valence-corrected chi connectivity index (χ2v) is 9.82. The first kappa shape index (κ1) is 21.3. The number of carbonyl (C=O) groups is 1. The van der Waals surface area contributed by atoms with Crippen molar-refractivity contribution < 1.29 is 9.18 Å². The molecule has 1 aliphatic carbocycles. The minimum absolute atomic E-state index is 0.185. The summed E-state index contributed by atoms with van der Waals surface area (Å²) in [5, 5.41) is 8.01. The molecular weight excluding hydrogens is 403 g/mol. The SMILES string of the molecule is CC(C)(C)n1nc(C(=O)NCC(c2c(F)cccc2Cl)N2CCCC2)cc1C1CC1. The Hall–Kier alpha value is -1.92. The minimum Gasteiger partial charge on any atom is -0.349 e. The van der Waals surface area contributed by atoms with E-state index in [9.17, 15) is 9.18 Å². The van der Waals surface area contributed by atoms with Crippen LogP contribution >= 0.6 is 11.6 Å². The standard InChI is InChI=1S/C23H30ClFN4O/c1-23(2,3)29-19(15-9-10-15)13-18(27-29)22(30)26-14-20(28-11-4-5-12-28)21-16(24)7-6-8-17(21)25/h6-8,13,15,20H,4-5,9-12,14H2,1-3H3,(H,26,30). The lowest BCUT2D eigenvalue weighted by molar-refractivity contribution is 0.0930. The van der Waals surface area contributed by atoms with Gasteiger partial charge in [0, 0.05) is 28.7 Å². The van der Waals surface area contributed by atoms with Crippen molar-refractivity contribution in [3.05, 3.63) is 52.1 Å². The maximum Gasteiger partial charge on any atom is 0.271 e. The molecule has 1 aliphatic heterocycles. The Kier molecular flexibility index (Phi) is 5.90. The molecule has 1 atom stereocenters. The highest BCUT2D eigenvalue weighted by atomic mass is 35.5. The molecule has 4 rings (SSSR count). The van der Waals surface area contributed by atoms with Gasteiger partial charge in [0.2, 0.25) is 0 Å². The van der Waals surface area contributed by atoms with E-state index in [2.05, 4.69) is 36.1 Å². The average molecular weight is 433 g/mol. The van der Waals surface area contributed by atoms with Crippen molar-refractivity contribution in [1.82, 2.24) is 20.0 Å². The number of aromatic nitrogens is 2. The first-order chi connectivity index (χ1) is 14.3. The minimum atomic E-state index is -0.332. The van der Waals surface area contributed by atoms with Gasteiger partial charge in [-0.05, 0) is 77.7 Å². The molecule has 162 valence electrons. The van der Waals surface area contributed by atoms with Gasteiger partial charge in [-0.3, -0.25) is 14.4 Å². The van der Waals surface area contributed by atoms with Crippen LogP contribution in [0.1, 0.15) is 80.2 Å². The molecule has 2 aliphatic rings. The van der Waals surface area contributed by atoms with Crippen molar-refractivity contribution in [1.29, 1.82) is 0 Å². The van der Waals surface area contributed by atoms with E-state index in [-0.39, 0.29) is 23.3 Å². The van der Waals surface area contributed by atoms with E-state index < -0.39 is 0 Å². The molecular formula is C23H30ClFN4O. The smallest absolute Gasteiger partial charge is 0.271 e. The van der Waals surface area contributed by atoms with Crippen LogP contribution in [0.4, 0.5) is 4.39 Å². The van der Waals surface area contributed by atoms with E-state index in [4.69, 9.17) is 11.6 Å². The largest absolute Gasteiger partial charge is 0.349 e. The molecule has 0 bridgehead atoms. The van der Waals surface area contributed by atoms with Crippen molar-refractivity contribution in [2.45, 2.75) is 64.0 Å². The lowest BCUT2D eigenvalue weighted by Gasteiger charge is -2.29. The van der Waals surface area contributed by atoms with E-state index in [1.165, 1.54) is 6.07 Å². The molecule has 2 heterocycles. The second-order valence-electron chi connectivity index (χ2n) is 9.42. The van der Waals surface area contributed by atoms with Crippen molar-refractivity contribution in [2.24, 2.45) is 0 Å². The van der Waals surface area contributed by atoms with Crippen LogP contribution in [0.2, 0.25) is 5.02 Å². The van der Waals surface area contributed by atoms with Crippen LogP contribution in [-0.2, 0) is 5.54 Å². The summed E-state index contributed by atoms with van der Waals surface area (Å²) in [6.07, 6.45) is 4.42. The molecule has 0 spiro atoms. The number of amides is 1. The first-order valence-electron chi connectivity index (χ1n) is 10.8. The molecule has 1 aromatic heterocycles. The lowest BCUT2D eigenvalue weighted by Crippen LogP contribution is -2.37. The van der Waals surface area contributed by atoms with Crippen LogP contribution in [0, 0.1) is 5.82 Å². The summed E-state index contributed by atoms with van der Waals surface area (Å²) >= 11 is 6.36. The third kappa shape index (κ3) is 4.40. The van der Waals surface area contributed by atoms with Crippen molar-refractivity contribution in [3.8, 4) is 0 Å². The number of halogens is 2. The summed E-state index contributed by atoms with van der Waals surface area (Å²) in [4.78, 5) is 15.2. The summed E-state index contributed by atoms with van der Waals surface area (Å²) in [5.74, 6) is -0.0638. The Morgan fingerprint density at radius 3 is 2.60 bits per heavy atom. The van der Waals surface area contributed by atoms with Crippen LogP contribution in [0.25, 0.3) is 0 Å². The third-order valence-corrected chi connectivity index (χ3v) is 6.30. The summed E-state index contributed by atoms with van der Waals surface area (Å²) in [6.45, 7) is 8.32. The lowest BCUT2D eigenvalue weighted by atomic mass is 10.0. The van der Waals surface area contributed by atoms with Crippen LogP contribution in [0.15, 0.2) is 24.3 Å². The number of nitrogens with zero attached hydrogens (tertiary/aromatic N) is 3. The Morgan fingerprint density at radius 1 is 1.30 bits per heavy atom. The number of benzene rings is 1. The molecule has 2 fully saturated rings. The highest BCUT2D eigenvalue weighted by Gasteiger charge is 2.33. The Balaban J connectivity index is 1.55. The Labute approximate surface area is 182 Å². The van der Waals surface area contributed by atoms with Gasteiger partial charge in [0.05, 0.1) is 11.6 Å². The predicted molar refractivity (Wildman–Crippen MR) is 116 cm³/mol. The third-order valence-electron chi connectivity index (χ3n) is 5.97. The van der Waals surface area contributed by atoms with E-state index in [0.717, 1.165) is 44.5 Å². The molecule has 1 amide bonds. The van der Waals surface area contributed by atoms with E-state index >= 15 is 0 Å². The zero-order valence-electron chi connectivity index (χ0n) is 17.9. The number of hydrogen-bond donors (Lipinski definition) is 1. The van der Waals surface area contributed by atoms with Gasteiger partial charge in [-0.2, -0.15) is 5.10 Å². The molecule has 1 aromatic carbocycles. The molecule has 1 unspecified atom stereocenters. The number of nitrogens with one attached hydrogen (secondary N) is 1. The molecule has 1 N–H and O–H groups in total. The summed E-state index contributed by atoms with van der Waals surface area (Å²) < 4.78 is 16.6. The zero-order valence-corrected chi connectivity index (χ0v) is 18.7. The number of rotatable bonds is 6. The maximum atomic E-state index is 14.6. The zero-order chi connectivity index (χ0) is 21.5. The topological polar surface area (TPSA) is 50.2 Å². The quantitative estimate of drug-likeness (QED) is 0.708. The number of likely N-dealkylation sites (tertiary alicyclic amines) is 1. The highest BCUT2D eigenvalue weighted by molar-refractivity contribution is 6.31. The van der Waals surface area contributed by atoms with Crippen LogP contribution in [-0.4, -0.2) is 40.2 Å². The molecule has 30 heavy (non-hydrogen) atoms. The number of hydrogen-bond acceptors (Lipinski definition) is 3. The normalized spacial score (nSPS) is 18.6. The van der Waals surface area contributed by atoms with Gasteiger partial charge in [-0.15, -0.1) is 0 Å². The molecule has 7 heteroatoms. The Bertz CT molecular complexity index is 906. The van der Waals surface area contributed by atoms with Crippen molar-refractivity contribution in [3.63, 3.8) is 0 Å². The van der Waals surface area contributed by atoms with E-state index in [1.54, 1.807) is 12.1 Å². The van der Waals surface area contributed by atoms with Crippen molar-refractivity contribution in [2.75, 3.05) is 19.6 Å². The fraction of sp³-hybridized carbons (Fsp3) is 0.565. The first-order valence-corrected chi connectivity index (χ1v) is 11.2. The van der Waals surface area contributed by atoms with Crippen LogP contribution in [0.3, 0.4) is 0 Å². The highest BCUT2D eigenvalue weighted by Crippen LogP contribution is 2.41. The molecule has 0 radical (unpaired) electrons. The van der Waals surface area contributed by atoms with Gasteiger partial charge in [0.15, 0.2) is 0 Å². The summed E-state index contributed by atoms with van der Waals surface area (Å²) in [6, 6.07) is 6.37. The van der Waals surface area contributed by atoms with Gasteiger partial charge >= 0.3 is 0 Å². The molecule has 1 saturated heterocycles. The average Bonchev–Trinajstić information content (AvgIpc) is 3.19. The Morgan fingerprint density at radius 2 is 2.00 bits per heavy atom. The second kappa shape index (κ2) is 8.31. The maximum absolute atomic E-state index is 14.6. The van der Waals surface area contributed by atoms with Gasteiger partial charge < -0.3 is 5.32 Å². The predicted octanol–water partition coefficient (Wildman–Crippen LogP) is 4.87. The molecule has 1 saturated carbocycles. The van der Waals surface area contributed by atoms with Crippen molar-refractivity contribution >= 4 is 17.5 Å². The number of carbonyl (C=O) groups excluding carboxylic acids is 1. The summed E-state index contributed by atoms with van der Waals surface area (Å²) in [7, 11) is 0. The fourth-order valence-electron chi connectivity index (χ4n) is 4.29. The summed E-state index contributed by atoms with van der Waals surface area (Å²) in [5.41, 5.74) is 1.82. The van der Waals surface area contributed by atoms with Gasteiger partial charge in [0.25, 0.3) is 5.91 Å². The van der Waals surface area contributed by atoms with Crippen LogP contribution < -0.4 is 5.32 Å². The van der Waals surface area contributed by atoms with E-state index in [0.29, 0.717) is 28.7 Å². The van der Waals surface area contributed by atoms with Gasteiger partial charge in [0.1, 0.15) is 11.5 Å².